The first-order chi connectivity index (χ1) is 9.20. The number of allylic oxidation sites excluding steroid dienone is 2. The Kier molecular flexibility index (Phi) is 3.53. The van der Waals surface area contributed by atoms with Gasteiger partial charge in [0.1, 0.15) is 5.00 Å². The van der Waals surface area contributed by atoms with Crippen LogP contribution < -0.4 is 5.32 Å². The number of aryl methyl sites for hydroxylation is 1. The first kappa shape index (κ1) is 13.0. The maximum Gasteiger partial charge on any atom is 0.101 e. The van der Waals surface area contributed by atoms with Gasteiger partial charge in [0.05, 0.1) is 0 Å². The van der Waals surface area contributed by atoms with Gasteiger partial charge in [-0.25, -0.2) is 0 Å². The summed E-state index contributed by atoms with van der Waals surface area (Å²) in [5.74, 6) is 0.710. The van der Waals surface area contributed by atoms with Crippen LogP contribution in [0, 0.1) is 5.92 Å². The van der Waals surface area contributed by atoms with Crippen LogP contribution in [0.5, 0.6) is 0 Å². The molecule has 1 N–H and O–H groups in total. The van der Waals surface area contributed by atoms with E-state index in [1.807, 2.05) is 11.3 Å². The summed E-state index contributed by atoms with van der Waals surface area (Å²) >= 11 is 1.95. The van der Waals surface area contributed by atoms with Crippen molar-refractivity contribution in [2.45, 2.75) is 51.9 Å². The highest BCUT2D eigenvalue weighted by molar-refractivity contribution is 7.16. The fourth-order valence-corrected chi connectivity index (χ4v) is 4.26. The van der Waals surface area contributed by atoms with E-state index < -0.39 is 0 Å². The highest BCUT2D eigenvalue weighted by Crippen LogP contribution is 2.44. The summed E-state index contributed by atoms with van der Waals surface area (Å²) in [4.78, 5) is 1.59. The molecule has 3 rings (SSSR count). The van der Waals surface area contributed by atoms with Crippen molar-refractivity contribution in [1.82, 2.24) is 0 Å². The average molecular weight is 273 g/mol. The zero-order chi connectivity index (χ0) is 13.4. The van der Waals surface area contributed by atoms with E-state index in [4.69, 9.17) is 0 Å². The quantitative estimate of drug-likeness (QED) is 0.759. The van der Waals surface area contributed by atoms with Crippen molar-refractivity contribution in [1.29, 1.82) is 0 Å². The number of rotatable bonds is 5. The van der Waals surface area contributed by atoms with Gasteiger partial charge in [-0.15, -0.1) is 11.3 Å². The van der Waals surface area contributed by atoms with E-state index in [0.29, 0.717) is 5.92 Å². The number of thiophene rings is 1. The van der Waals surface area contributed by atoms with Crippen molar-refractivity contribution in [2.24, 2.45) is 5.92 Å². The Morgan fingerprint density at radius 1 is 1.26 bits per heavy atom. The molecule has 1 aromatic heterocycles. The molecule has 2 heteroatoms. The molecule has 0 amide bonds. The molecule has 0 radical (unpaired) electrons. The van der Waals surface area contributed by atoms with Crippen molar-refractivity contribution >= 4 is 21.9 Å². The van der Waals surface area contributed by atoms with Crippen LogP contribution in [-0.4, -0.2) is 0 Å². The van der Waals surface area contributed by atoms with E-state index in [-0.39, 0.29) is 0 Å². The lowest BCUT2D eigenvalue weighted by Crippen LogP contribution is -2.03. The first-order valence-corrected chi connectivity index (χ1v) is 8.30. The number of nitrogens with one attached hydrogen (secondary N) is 1. The molecule has 2 aliphatic carbocycles. The predicted molar refractivity (Wildman–Crippen MR) is 85.8 cm³/mol. The fourth-order valence-electron chi connectivity index (χ4n) is 2.88. The van der Waals surface area contributed by atoms with E-state index in [9.17, 15) is 0 Å². The second kappa shape index (κ2) is 5.16. The molecule has 0 aliphatic heterocycles. The van der Waals surface area contributed by atoms with Gasteiger partial charge in [0.25, 0.3) is 0 Å². The second-order valence-electron chi connectivity index (χ2n) is 5.80. The van der Waals surface area contributed by atoms with E-state index in [0.717, 1.165) is 6.42 Å². The number of fused-ring (bicyclic) bond motifs is 1. The predicted octanol–water partition coefficient (Wildman–Crippen LogP) is 5.39. The minimum atomic E-state index is 0.710. The van der Waals surface area contributed by atoms with Crippen LogP contribution in [0.3, 0.4) is 0 Å². The minimum Gasteiger partial charge on any atom is -0.350 e. The molecule has 1 fully saturated rings. The van der Waals surface area contributed by atoms with E-state index in [1.54, 1.807) is 10.4 Å². The lowest BCUT2D eigenvalue weighted by atomic mass is 9.92. The van der Waals surface area contributed by atoms with E-state index in [2.05, 4.69) is 25.4 Å². The Morgan fingerprint density at radius 3 is 2.68 bits per heavy atom. The standard InChI is InChI=1S/C17H23NS/c1-4-11(2)16-14-7-5-6-8-15(14)19-17(16)18-12(3)13-9-10-13/h13,18H,2-10H2,1H3. The Bertz CT molecular complexity index is 520. The second-order valence-corrected chi connectivity index (χ2v) is 6.90. The molecule has 1 aromatic rings. The summed E-state index contributed by atoms with van der Waals surface area (Å²) in [5, 5.41) is 4.92. The first-order valence-electron chi connectivity index (χ1n) is 7.49. The molecule has 0 atom stereocenters. The van der Waals surface area contributed by atoms with Crippen molar-refractivity contribution in [3.63, 3.8) is 0 Å². The van der Waals surface area contributed by atoms with Crippen molar-refractivity contribution in [3.8, 4) is 0 Å². The molecule has 0 aromatic carbocycles. The highest BCUT2D eigenvalue weighted by Gasteiger charge is 2.27. The van der Waals surface area contributed by atoms with E-state index >= 15 is 0 Å². The molecule has 0 saturated heterocycles. The summed E-state index contributed by atoms with van der Waals surface area (Å²) in [7, 11) is 0. The van der Waals surface area contributed by atoms with Crippen LogP contribution in [0.2, 0.25) is 0 Å². The molecule has 1 saturated carbocycles. The normalized spacial score (nSPS) is 17.9. The molecule has 0 unspecified atom stereocenters. The lowest BCUT2D eigenvalue weighted by molar-refractivity contribution is 0.695. The Labute approximate surface area is 120 Å². The molecular weight excluding hydrogens is 250 g/mol. The third-order valence-electron chi connectivity index (χ3n) is 4.30. The molecule has 0 spiro atoms. The maximum absolute atomic E-state index is 4.29. The van der Waals surface area contributed by atoms with Crippen LogP contribution in [0.15, 0.2) is 18.9 Å². The number of hydrogen-bond acceptors (Lipinski definition) is 2. The number of anilines is 1. The van der Waals surface area contributed by atoms with Gasteiger partial charge in [0.2, 0.25) is 0 Å². The number of hydrogen-bond donors (Lipinski definition) is 1. The summed E-state index contributed by atoms with van der Waals surface area (Å²) in [6, 6.07) is 0. The third kappa shape index (κ3) is 2.51. The molecule has 0 bridgehead atoms. The fraction of sp³-hybridized carbons (Fsp3) is 0.529. The van der Waals surface area contributed by atoms with Gasteiger partial charge < -0.3 is 5.32 Å². The monoisotopic (exact) mass is 273 g/mol. The molecule has 2 aliphatic rings. The van der Waals surface area contributed by atoms with Crippen LogP contribution in [0.4, 0.5) is 5.00 Å². The van der Waals surface area contributed by atoms with Gasteiger partial charge >= 0.3 is 0 Å². The Balaban J connectivity index is 1.94. The zero-order valence-corrected chi connectivity index (χ0v) is 12.7. The lowest BCUT2D eigenvalue weighted by Gasteiger charge is -2.14. The van der Waals surface area contributed by atoms with Crippen LogP contribution in [0.1, 0.15) is 55.0 Å². The molecule has 1 nitrogen and oxygen atoms in total. The van der Waals surface area contributed by atoms with Crippen molar-refractivity contribution in [3.05, 3.63) is 34.9 Å². The van der Waals surface area contributed by atoms with Gasteiger partial charge in [0, 0.05) is 16.1 Å². The van der Waals surface area contributed by atoms with Gasteiger partial charge in [-0.2, -0.15) is 0 Å². The smallest absolute Gasteiger partial charge is 0.101 e. The van der Waals surface area contributed by atoms with Gasteiger partial charge in [-0.05, 0) is 62.0 Å². The van der Waals surface area contributed by atoms with Crippen LogP contribution >= 0.6 is 11.3 Å². The molecule has 102 valence electrons. The van der Waals surface area contributed by atoms with Crippen molar-refractivity contribution < 1.29 is 0 Å². The third-order valence-corrected chi connectivity index (χ3v) is 5.50. The maximum atomic E-state index is 4.29. The minimum absolute atomic E-state index is 0.710. The Morgan fingerprint density at radius 2 is 2.00 bits per heavy atom. The average Bonchev–Trinajstić information content (AvgIpc) is 3.20. The summed E-state index contributed by atoms with van der Waals surface area (Å²) < 4.78 is 0. The van der Waals surface area contributed by atoms with E-state index in [1.165, 1.54) is 60.4 Å². The Hall–Kier alpha value is -1.02. The van der Waals surface area contributed by atoms with Gasteiger partial charge in [0.15, 0.2) is 0 Å². The van der Waals surface area contributed by atoms with Gasteiger partial charge in [-0.1, -0.05) is 20.1 Å². The summed E-state index contributed by atoms with van der Waals surface area (Å²) in [6.45, 7) is 10.7. The molecular formula is C17H23NS. The van der Waals surface area contributed by atoms with Crippen LogP contribution in [0.25, 0.3) is 5.57 Å². The topological polar surface area (TPSA) is 12.0 Å². The zero-order valence-electron chi connectivity index (χ0n) is 11.8. The van der Waals surface area contributed by atoms with Crippen molar-refractivity contribution in [2.75, 3.05) is 5.32 Å². The largest absolute Gasteiger partial charge is 0.350 e. The SMILES string of the molecule is C=C(CC)c1c(NC(=C)C2CC2)sc2c1CCCC2. The molecule has 1 heterocycles. The summed E-state index contributed by atoms with van der Waals surface area (Å²) in [6.07, 6.45) is 8.81. The highest BCUT2D eigenvalue weighted by atomic mass is 32.1. The van der Waals surface area contributed by atoms with Crippen LogP contribution in [-0.2, 0) is 12.8 Å². The summed E-state index contributed by atoms with van der Waals surface area (Å²) in [5.41, 5.74) is 5.49. The van der Waals surface area contributed by atoms with Gasteiger partial charge in [-0.3, -0.25) is 0 Å². The molecule has 19 heavy (non-hydrogen) atoms.